The Hall–Kier alpha value is -3.22. The zero-order valence-electron chi connectivity index (χ0n) is 14.7. The fraction of sp³-hybridized carbons (Fsp3) is 0.250. The number of aryl methyl sites for hydroxylation is 1. The molecular formula is C20H19FN2O4. The van der Waals surface area contributed by atoms with E-state index in [0.717, 1.165) is 11.3 Å². The topological polar surface area (TPSA) is 86.7 Å². The van der Waals surface area contributed by atoms with Gasteiger partial charge in [-0.25, -0.2) is 4.39 Å². The smallest absolute Gasteiger partial charge is 0.305 e. The van der Waals surface area contributed by atoms with Gasteiger partial charge in [0.2, 0.25) is 5.91 Å². The molecule has 3 rings (SSSR count). The maximum Gasteiger partial charge on any atom is 0.305 e. The van der Waals surface area contributed by atoms with E-state index in [9.17, 15) is 18.8 Å². The number of nitrogens with one attached hydrogen (secondary N) is 1. The normalized spacial score (nSPS) is 14.4. The van der Waals surface area contributed by atoms with Gasteiger partial charge in [-0.2, -0.15) is 0 Å². The Morgan fingerprint density at radius 2 is 1.89 bits per heavy atom. The van der Waals surface area contributed by atoms with Gasteiger partial charge in [0, 0.05) is 24.7 Å². The first-order chi connectivity index (χ1) is 12.8. The molecule has 1 aliphatic heterocycles. The van der Waals surface area contributed by atoms with E-state index in [2.05, 4.69) is 5.32 Å². The van der Waals surface area contributed by atoms with E-state index in [1.807, 2.05) is 0 Å². The molecule has 1 unspecified atom stereocenters. The van der Waals surface area contributed by atoms with Crippen molar-refractivity contribution in [2.75, 3.05) is 11.9 Å². The van der Waals surface area contributed by atoms with E-state index >= 15 is 0 Å². The molecule has 27 heavy (non-hydrogen) atoms. The van der Waals surface area contributed by atoms with Gasteiger partial charge >= 0.3 is 5.97 Å². The van der Waals surface area contributed by atoms with Gasteiger partial charge in [-0.3, -0.25) is 14.4 Å². The molecule has 2 aromatic rings. The summed E-state index contributed by atoms with van der Waals surface area (Å²) in [7, 11) is 1.69. The number of benzene rings is 2. The van der Waals surface area contributed by atoms with Crippen LogP contribution in [-0.4, -0.2) is 29.9 Å². The van der Waals surface area contributed by atoms with E-state index < -0.39 is 23.7 Å². The van der Waals surface area contributed by atoms with Gasteiger partial charge < -0.3 is 15.3 Å². The zero-order valence-corrected chi connectivity index (χ0v) is 14.7. The van der Waals surface area contributed by atoms with Gasteiger partial charge in [-0.15, -0.1) is 0 Å². The van der Waals surface area contributed by atoms with E-state index in [1.165, 1.54) is 24.3 Å². The molecule has 0 aromatic heterocycles. The van der Waals surface area contributed by atoms with Gasteiger partial charge in [0.15, 0.2) is 0 Å². The molecule has 2 amide bonds. The van der Waals surface area contributed by atoms with Crippen LogP contribution in [-0.2, 0) is 16.0 Å². The average Bonchev–Trinajstić information content (AvgIpc) is 2.64. The van der Waals surface area contributed by atoms with Gasteiger partial charge in [-0.05, 0) is 47.9 Å². The fourth-order valence-corrected chi connectivity index (χ4v) is 3.16. The maximum atomic E-state index is 13.1. The van der Waals surface area contributed by atoms with Crippen LogP contribution >= 0.6 is 0 Å². The van der Waals surface area contributed by atoms with E-state index in [4.69, 9.17) is 5.11 Å². The summed E-state index contributed by atoms with van der Waals surface area (Å²) in [6, 6.07) is 9.61. The number of amides is 2. The summed E-state index contributed by atoms with van der Waals surface area (Å²) in [6.07, 6.45) is 0.613. The van der Waals surface area contributed by atoms with Crippen LogP contribution in [0.15, 0.2) is 42.5 Å². The summed E-state index contributed by atoms with van der Waals surface area (Å²) < 4.78 is 13.1. The van der Waals surface area contributed by atoms with E-state index in [0.29, 0.717) is 24.0 Å². The van der Waals surface area contributed by atoms with Crippen molar-refractivity contribution in [3.05, 3.63) is 65.0 Å². The number of aliphatic carboxylic acids is 1. The van der Waals surface area contributed by atoms with Crippen LogP contribution in [0.4, 0.5) is 10.1 Å². The van der Waals surface area contributed by atoms with Crippen LogP contribution in [0.1, 0.15) is 40.4 Å². The van der Waals surface area contributed by atoms with Crippen LogP contribution in [0.5, 0.6) is 0 Å². The van der Waals surface area contributed by atoms with Crippen molar-refractivity contribution in [3.8, 4) is 0 Å². The fourth-order valence-electron chi connectivity index (χ4n) is 3.16. The second-order valence-corrected chi connectivity index (χ2v) is 6.47. The number of nitrogens with zero attached hydrogens (tertiary/aromatic N) is 1. The highest BCUT2D eigenvalue weighted by atomic mass is 19.1. The van der Waals surface area contributed by atoms with Crippen molar-refractivity contribution >= 4 is 23.5 Å². The second kappa shape index (κ2) is 7.57. The molecule has 7 heteroatoms. The molecule has 1 atom stereocenters. The minimum Gasteiger partial charge on any atom is -0.481 e. The first-order valence-corrected chi connectivity index (χ1v) is 8.53. The lowest BCUT2D eigenvalue weighted by molar-refractivity contribution is -0.137. The highest BCUT2D eigenvalue weighted by Gasteiger charge is 2.23. The highest BCUT2D eigenvalue weighted by Crippen LogP contribution is 2.28. The molecule has 1 heterocycles. The van der Waals surface area contributed by atoms with E-state index in [1.54, 1.807) is 30.1 Å². The number of hydrogen-bond donors (Lipinski definition) is 2. The first kappa shape index (κ1) is 18.6. The summed E-state index contributed by atoms with van der Waals surface area (Å²) in [5.41, 5.74) is 2.55. The lowest BCUT2D eigenvalue weighted by Gasteiger charge is -2.26. The van der Waals surface area contributed by atoms with E-state index in [-0.39, 0.29) is 12.3 Å². The lowest BCUT2D eigenvalue weighted by atomic mass is 9.98. The minimum atomic E-state index is -1.07. The summed E-state index contributed by atoms with van der Waals surface area (Å²) in [4.78, 5) is 37.1. The van der Waals surface area contributed by atoms with Crippen LogP contribution in [0.2, 0.25) is 0 Å². The highest BCUT2D eigenvalue weighted by molar-refractivity contribution is 5.99. The maximum absolute atomic E-state index is 13.1. The molecule has 0 spiro atoms. The lowest BCUT2D eigenvalue weighted by Crippen LogP contribution is -2.32. The zero-order chi connectivity index (χ0) is 19.6. The van der Waals surface area contributed by atoms with Crippen molar-refractivity contribution in [1.82, 2.24) is 5.32 Å². The standard InChI is InChI=1S/C20H19FN2O4/c1-23-17-8-4-14(10-13(17)5-9-18(23)24)20(27)22-16(11-19(25)26)12-2-6-15(21)7-3-12/h2-4,6-8,10,16H,5,9,11H2,1H3,(H,22,27)(H,25,26). The third-order valence-corrected chi connectivity index (χ3v) is 4.64. The molecule has 2 N–H and O–H groups in total. The van der Waals surface area contributed by atoms with Crippen LogP contribution in [0.3, 0.4) is 0 Å². The molecule has 6 nitrogen and oxygen atoms in total. The number of rotatable bonds is 5. The van der Waals surface area contributed by atoms with Crippen LogP contribution in [0.25, 0.3) is 0 Å². The average molecular weight is 370 g/mol. The Bertz CT molecular complexity index is 895. The largest absolute Gasteiger partial charge is 0.481 e. The number of carboxylic acids is 1. The monoisotopic (exact) mass is 370 g/mol. The summed E-state index contributed by atoms with van der Waals surface area (Å²) >= 11 is 0. The Labute approximate surface area is 155 Å². The van der Waals surface area contributed by atoms with Crippen molar-refractivity contribution < 1.29 is 23.9 Å². The molecule has 1 aliphatic rings. The molecule has 0 radical (unpaired) electrons. The van der Waals surface area contributed by atoms with Crippen molar-refractivity contribution in [3.63, 3.8) is 0 Å². The van der Waals surface area contributed by atoms with Crippen LogP contribution in [0, 0.1) is 5.82 Å². The summed E-state index contributed by atoms with van der Waals surface area (Å²) in [5, 5.41) is 11.8. The number of carbonyl (C=O) groups is 3. The molecular weight excluding hydrogens is 351 g/mol. The third-order valence-electron chi connectivity index (χ3n) is 4.64. The van der Waals surface area contributed by atoms with Crippen molar-refractivity contribution in [2.45, 2.75) is 25.3 Å². The number of hydrogen-bond acceptors (Lipinski definition) is 3. The molecule has 0 saturated carbocycles. The number of carbonyl (C=O) groups excluding carboxylic acids is 2. The molecule has 2 aromatic carbocycles. The Morgan fingerprint density at radius 1 is 1.19 bits per heavy atom. The van der Waals surface area contributed by atoms with Gasteiger partial charge in [-0.1, -0.05) is 12.1 Å². The molecule has 0 aliphatic carbocycles. The number of anilines is 1. The van der Waals surface area contributed by atoms with Crippen molar-refractivity contribution in [2.24, 2.45) is 0 Å². The minimum absolute atomic E-state index is 0.0255. The number of halogens is 1. The quantitative estimate of drug-likeness (QED) is 0.847. The van der Waals surface area contributed by atoms with Gasteiger partial charge in [0.1, 0.15) is 5.82 Å². The first-order valence-electron chi connectivity index (χ1n) is 8.53. The predicted octanol–water partition coefficient (Wildman–Crippen LogP) is 2.68. The Balaban J connectivity index is 1.82. The van der Waals surface area contributed by atoms with Gasteiger partial charge in [0.25, 0.3) is 5.91 Å². The van der Waals surface area contributed by atoms with Gasteiger partial charge in [0.05, 0.1) is 12.5 Å². The second-order valence-electron chi connectivity index (χ2n) is 6.47. The van der Waals surface area contributed by atoms with Crippen molar-refractivity contribution in [1.29, 1.82) is 0 Å². The molecule has 140 valence electrons. The SMILES string of the molecule is CN1C(=O)CCc2cc(C(=O)NC(CC(=O)O)c3ccc(F)cc3)ccc21. The summed E-state index contributed by atoms with van der Waals surface area (Å²) in [5.74, 6) is -1.91. The molecule has 0 bridgehead atoms. The summed E-state index contributed by atoms with van der Waals surface area (Å²) in [6.45, 7) is 0. The number of fused-ring (bicyclic) bond motifs is 1. The Kier molecular flexibility index (Phi) is 5.21. The van der Waals surface area contributed by atoms with Crippen LogP contribution < -0.4 is 10.2 Å². The molecule has 0 saturated heterocycles. The third kappa shape index (κ3) is 4.13. The molecule has 0 fully saturated rings. The number of carboxylic acid groups (broad SMARTS) is 1. The predicted molar refractivity (Wildman–Crippen MR) is 97.0 cm³/mol. The Morgan fingerprint density at radius 3 is 2.56 bits per heavy atom.